The van der Waals surface area contributed by atoms with E-state index in [0.717, 1.165) is 38.6 Å². The lowest BCUT2D eigenvalue weighted by atomic mass is 10.0. The van der Waals surface area contributed by atoms with Crippen LogP contribution in [0.1, 0.15) is 0 Å². The quantitative estimate of drug-likeness (QED) is 0.457. The predicted molar refractivity (Wildman–Crippen MR) is 117 cm³/mol. The highest BCUT2D eigenvalue weighted by molar-refractivity contribution is 6.10. The average Bonchev–Trinajstić information content (AvgIpc) is 3.33. The summed E-state index contributed by atoms with van der Waals surface area (Å²) in [5.74, 6) is 1.69. The molecule has 0 saturated carbocycles. The van der Waals surface area contributed by atoms with Gasteiger partial charge in [0.05, 0.1) is 31.1 Å². The second-order valence-electron chi connectivity index (χ2n) is 6.84. The third-order valence-corrected chi connectivity index (χ3v) is 5.12. The second-order valence-corrected chi connectivity index (χ2v) is 6.84. The van der Waals surface area contributed by atoms with Crippen LogP contribution < -0.4 is 15.2 Å². The third kappa shape index (κ3) is 2.88. The van der Waals surface area contributed by atoms with Gasteiger partial charge >= 0.3 is 0 Å². The maximum absolute atomic E-state index is 6.32. The Morgan fingerprint density at radius 3 is 2.50 bits per heavy atom. The average molecular weight is 397 g/mol. The first-order valence-corrected chi connectivity index (χ1v) is 9.39. The summed E-state index contributed by atoms with van der Waals surface area (Å²) in [4.78, 5) is 9.17. The summed E-state index contributed by atoms with van der Waals surface area (Å²) in [5.41, 5.74) is 9.78. The molecule has 0 radical (unpaired) electrons. The predicted octanol–water partition coefficient (Wildman–Crippen LogP) is 4.24. The first-order valence-electron chi connectivity index (χ1n) is 9.39. The van der Waals surface area contributed by atoms with Crippen molar-refractivity contribution in [1.29, 1.82) is 0 Å². The Morgan fingerprint density at radius 2 is 1.73 bits per heavy atom. The van der Waals surface area contributed by atoms with Crippen LogP contribution in [0.15, 0.2) is 67.1 Å². The molecule has 3 heterocycles. The molecule has 0 spiro atoms. The Morgan fingerprint density at radius 1 is 0.900 bits per heavy atom. The van der Waals surface area contributed by atoms with Gasteiger partial charge in [0, 0.05) is 41.0 Å². The maximum Gasteiger partial charge on any atom is 0.162 e. The first-order chi connectivity index (χ1) is 14.7. The molecular formula is C23H19N5O2. The smallest absolute Gasteiger partial charge is 0.162 e. The van der Waals surface area contributed by atoms with Gasteiger partial charge in [-0.05, 0) is 35.7 Å². The molecule has 0 atom stereocenters. The molecular weight excluding hydrogens is 378 g/mol. The van der Waals surface area contributed by atoms with Gasteiger partial charge in [-0.1, -0.05) is 12.1 Å². The lowest BCUT2D eigenvalue weighted by Gasteiger charge is -2.12. The summed E-state index contributed by atoms with van der Waals surface area (Å²) in [7, 11) is 3.22. The van der Waals surface area contributed by atoms with Crippen LogP contribution in [0.25, 0.3) is 38.6 Å². The molecule has 3 aromatic heterocycles. The van der Waals surface area contributed by atoms with Gasteiger partial charge < -0.3 is 15.2 Å². The number of anilines is 1. The molecule has 0 aliphatic rings. The van der Waals surface area contributed by atoms with Gasteiger partial charge in [0.15, 0.2) is 11.5 Å². The number of nitrogens with two attached hydrogens (primary N) is 1. The van der Waals surface area contributed by atoms with Gasteiger partial charge in [-0.3, -0.25) is 4.98 Å². The van der Waals surface area contributed by atoms with Crippen molar-refractivity contribution in [3.8, 4) is 28.4 Å². The van der Waals surface area contributed by atoms with Crippen molar-refractivity contribution in [3.63, 3.8) is 0 Å². The van der Waals surface area contributed by atoms with Gasteiger partial charge in [-0.25, -0.2) is 9.67 Å². The molecule has 148 valence electrons. The third-order valence-electron chi connectivity index (χ3n) is 5.12. The fourth-order valence-corrected chi connectivity index (χ4v) is 3.64. The first kappa shape index (κ1) is 17.9. The van der Waals surface area contributed by atoms with Crippen LogP contribution in [0, 0.1) is 0 Å². The number of methoxy groups -OCH3 is 2. The monoisotopic (exact) mass is 397 g/mol. The highest BCUT2D eigenvalue weighted by Crippen LogP contribution is 2.37. The van der Waals surface area contributed by atoms with Crippen LogP contribution in [0.2, 0.25) is 0 Å². The van der Waals surface area contributed by atoms with Crippen molar-refractivity contribution in [2.45, 2.75) is 0 Å². The van der Waals surface area contributed by atoms with Crippen molar-refractivity contribution in [2.75, 3.05) is 20.0 Å². The van der Waals surface area contributed by atoms with Gasteiger partial charge in [-0.2, -0.15) is 5.10 Å². The summed E-state index contributed by atoms with van der Waals surface area (Å²) in [6.07, 6.45) is 5.40. The number of pyridine rings is 2. The van der Waals surface area contributed by atoms with Crippen LogP contribution >= 0.6 is 0 Å². The molecule has 0 bridgehead atoms. The fourth-order valence-electron chi connectivity index (χ4n) is 3.64. The Balaban J connectivity index is 1.74. The van der Waals surface area contributed by atoms with Crippen LogP contribution in [-0.4, -0.2) is 34.0 Å². The number of nitrogen functional groups attached to an aromatic ring is 1. The highest BCUT2D eigenvalue weighted by Gasteiger charge is 2.13. The van der Waals surface area contributed by atoms with Crippen LogP contribution in [0.3, 0.4) is 0 Å². The molecule has 7 heteroatoms. The molecule has 0 amide bonds. The van der Waals surface area contributed by atoms with E-state index >= 15 is 0 Å². The number of rotatable bonds is 4. The molecule has 0 unspecified atom stereocenters. The topological polar surface area (TPSA) is 88.1 Å². The Hall–Kier alpha value is -4.13. The van der Waals surface area contributed by atoms with Gasteiger partial charge in [-0.15, -0.1) is 0 Å². The Bertz CT molecular complexity index is 1380. The van der Waals surface area contributed by atoms with E-state index in [9.17, 15) is 0 Å². The summed E-state index contributed by atoms with van der Waals surface area (Å²) >= 11 is 0. The minimum atomic E-state index is 0.427. The van der Waals surface area contributed by atoms with Gasteiger partial charge in [0.1, 0.15) is 5.82 Å². The van der Waals surface area contributed by atoms with E-state index < -0.39 is 0 Å². The van der Waals surface area contributed by atoms with Crippen molar-refractivity contribution in [1.82, 2.24) is 19.7 Å². The lowest BCUT2D eigenvalue weighted by Crippen LogP contribution is -1.98. The molecule has 0 aliphatic heterocycles. The number of fused-ring (bicyclic) bond motifs is 3. The summed E-state index contributed by atoms with van der Waals surface area (Å²) < 4.78 is 12.7. The van der Waals surface area contributed by atoms with Crippen LogP contribution in [-0.2, 0) is 0 Å². The number of hydrogen-bond donors (Lipinski definition) is 1. The summed E-state index contributed by atoms with van der Waals surface area (Å²) in [6, 6.07) is 15.7. The zero-order valence-corrected chi connectivity index (χ0v) is 16.5. The van der Waals surface area contributed by atoms with Crippen molar-refractivity contribution in [2.24, 2.45) is 0 Å². The zero-order valence-electron chi connectivity index (χ0n) is 16.5. The van der Waals surface area contributed by atoms with E-state index in [1.807, 2.05) is 59.4 Å². The SMILES string of the molecule is COc1cc2ncc3c(N)nc(-c4cccc(-n5cccn5)c4)cc3c2cc1OC. The van der Waals surface area contributed by atoms with Crippen LogP contribution in [0.5, 0.6) is 11.5 Å². The molecule has 0 fully saturated rings. The number of nitrogens with zero attached hydrogens (tertiary/aromatic N) is 4. The van der Waals surface area contributed by atoms with Gasteiger partial charge in [0.25, 0.3) is 0 Å². The molecule has 2 N–H and O–H groups in total. The van der Waals surface area contributed by atoms with E-state index in [1.54, 1.807) is 26.6 Å². The van der Waals surface area contributed by atoms with Crippen molar-refractivity contribution < 1.29 is 9.47 Å². The molecule has 30 heavy (non-hydrogen) atoms. The second kappa shape index (κ2) is 7.04. The largest absolute Gasteiger partial charge is 0.493 e. The number of hydrogen-bond acceptors (Lipinski definition) is 6. The Labute approximate surface area is 172 Å². The number of ether oxygens (including phenoxy) is 2. The molecule has 7 nitrogen and oxygen atoms in total. The van der Waals surface area contributed by atoms with E-state index in [1.165, 1.54) is 0 Å². The normalized spacial score (nSPS) is 11.1. The summed E-state index contributed by atoms with van der Waals surface area (Å²) in [6.45, 7) is 0. The minimum Gasteiger partial charge on any atom is -0.493 e. The molecule has 0 saturated heterocycles. The molecule has 0 aliphatic carbocycles. The number of aromatic nitrogens is 4. The van der Waals surface area contributed by atoms with Crippen LogP contribution in [0.4, 0.5) is 5.82 Å². The Kier molecular flexibility index (Phi) is 4.21. The fraction of sp³-hybridized carbons (Fsp3) is 0.0870. The van der Waals surface area contributed by atoms with E-state index in [2.05, 4.69) is 15.1 Å². The standard InChI is InChI=1S/C23H19N5O2/c1-29-21-11-17-16-10-19(14-5-3-6-15(9-14)28-8-4-7-26-28)27-23(24)18(16)13-25-20(17)12-22(21)30-2/h3-13H,1-2H3,(H2,24,27). The van der Waals surface area contributed by atoms with Crippen molar-refractivity contribution >= 4 is 27.5 Å². The number of benzene rings is 2. The van der Waals surface area contributed by atoms with Crippen molar-refractivity contribution in [3.05, 3.63) is 67.1 Å². The van der Waals surface area contributed by atoms with E-state index in [-0.39, 0.29) is 0 Å². The molecule has 5 rings (SSSR count). The van der Waals surface area contributed by atoms with Gasteiger partial charge in [0.2, 0.25) is 0 Å². The molecule has 5 aromatic rings. The minimum absolute atomic E-state index is 0.427. The zero-order chi connectivity index (χ0) is 20.7. The summed E-state index contributed by atoms with van der Waals surface area (Å²) in [5, 5.41) is 6.97. The highest BCUT2D eigenvalue weighted by atomic mass is 16.5. The van der Waals surface area contributed by atoms with E-state index in [0.29, 0.717) is 17.3 Å². The lowest BCUT2D eigenvalue weighted by molar-refractivity contribution is 0.356. The maximum atomic E-state index is 6.32. The van der Waals surface area contributed by atoms with E-state index in [4.69, 9.17) is 15.2 Å². The molecule has 2 aromatic carbocycles.